The van der Waals surface area contributed by atoms with Crippen molar-refractivity contribution >= 4 is 5.91 Å². The maximum atomic E-state index is 11.3. The fourth-order valence-corrected chi connectivity index (χ4v) is 1.24. The van der Waals surface area contributed by atoms with E-state index in [4.69, 9.17) is 0 Å². The lowest BCUT2D eigenvalue weighted by atomic mass is 10.00. The van der Waals surface area contributed by atoms with Gasteiger partial charge < -0.3 is 5.32 Å². The Morgan fingerprint density at radius 1 is 1.23 bits per heavy atom. The molecular formula is C11H23NO. The SMILES string of the molecule is CCC(C)CC(C)NC(=O)C(C)C. The van der Waals surface area contributed by atoms with Gasteiger partial charge in [0.15, 0.2) is 0 Å². The van der Waals surface area contributed by atoms with Gasteiger partial charge in [-0.05, 0) is 19.3 Å². The van der Waals surface area contributed by atoms with Gasteiger partial charge in [-0.25, -0.2) is 0 Å². The third-order valence-corrected chi connectivity index (χ3v) is 2.37. The molecule has 0 aromatic rings. The smallest absolute Gasteiger partial charge is 0.222 e. The quantitative estimate of drug-likeness (QED) is 0.701. The van der Waals surface area contributed by atoms with Crippen molar-refractivity contribution in [3.8, 4) is 0 Å². The molecule has 0 aliphatic carbocycles. The summed E-state index contributed by atoms with van der Waals surface area (Å²) in [5.41, 5.74) is 0. The highest BCUT2D eigenvalue weighted by Crippen LogP contribution is 2.09. The van der Waals surface area contributed by atoms with Crippen molar-refractivity contribution in [1.82, 2.24) is 5.32 Å². The van der Waals surface area contributed by atoms with Crippen LogP contribution in [0.25, 0.3) is 0 Å². The van der Waals surface area contributed by atoms with Crippen molar-refractivity contribution in [3.63, 3.8) is 0 Å². The molecule has 0 rings (SSSR count). The lowest BCUT2D eigenvalue weighted by Crippen LogP contribution is -2.36. The molecule has 0 aromatic carbocycles. The molecule has 2 atom stereocenters. The molecule has 0 aliphatic rings. The van der Waals surface area contributed by atoms with Crippen LogP contribution in [0.2, 0.25) is 0 Å². The summed E-state index contributed by atoms with van der Waals surface area (Å²) >= 11 is 0. The maximum absolute atomic E-state index is 11.3. The molecule has 0 radical (unpaired) electrons. The zero-order valence-electron chi connectivity index (χ0n) is 9.55. The summed E-state index contributed by atoms with van der Waals surface area (Å²) in [6.07, 6.45) is 2.26. The molecule has 0 saturated heterocycles. The first-order chi connectivity index (χ1) is 5.97. The average molecular weight is 185 g/mol. The van der Waals surface area contributed by atoms with E-state index in [1.165, 1.54) is 6.42 Å². The Balaban J connectivity index is 3.74. The van der Waals surface area contributed by atoms with Gasteiger partial charge in [-0.3, -0.25) is 4.79 Å². The van der Waals surface area contributed by atoms with Gasteiger partial charge in [0, 0.05) is 12.0 Å². The zero-order chi connectivity index (χ0) is 10.4. The Morgan fingerprint density at radius 2 is 1.77 bits per heavy atom. The largest absolute Gasteiger partial charge is 0.353 e. The lowest BCUT2D eigenvalue weighted by molar-refractivity contribution is -0.124. The van der Waals surface area contributed by atoms with Crippen LogP contribution in [0.3, 0.4) is 0 Å². The predicted molar refractivity (Wildman–Crippen MR) is 56.5 cm³/mol. The minimum absolute atomic E-state index is 0.0967. The Morgan fingerprint density at radius 3 is 2.15 bits per heavy atom. The third-order valence-electron chi connectivity index (χ3n) is 2.37. The van der Waals surface area contributed by atoms with Crippen LogP contribution in [-0.2, 0) is 4.79 Å². The van der Waals surface area contributed by atoms with Gasteiger partial charge >= 0.3 is 0 Å². The van der Waals surface area contributed by atoms with E-state index in [1.807, 2.05) is 13.8 Å². The van der Waals surface area contributed by atoms with Crippen LogP contribution in [0.1, 0.15) is 47.5 Å². The van der Waals surface area contributed by atoms with Crippen LogP contribution in [0.4, 0.5) is 0 Å². The van der Waals surface area contributed by atoms with E-state index in [2.05, 4.69) is 26.1 Å². The number of hydrogen-bond acceptors (Lipinski definition) is 1. The fourth-order valence-electron chi connectivity index (χ4n) is 1.24. The topological polar surface area (TPSA) is 29.1 Å². The molecule has 0 fully saturated rings. The molecule has 2 unspecified atom stereocenters. The van der Waals surface area contributed by atoms with Crippen LogP contribution < -0.4 is 5.32 Å². The molecule has 0 spiro atoms. The normalized spacial score (nSPS) is 15.5. The number of rotatable bonds is 5. The predicted octanol–water partition coefficient (Wildman–Crippen LogP) is 2.58. The van der Waals surface area contributed by atoms with E-state index in [1.54, 1.807) is 0 Å². The molecule has 1 amide bonds. The van der Waals surface area contributed by atoms with Gasteiger partial charge in [0.1, 0.15) is 0 Å². The summed E-state index contributed by atoms with van der Waals surface area (Å²) in [5, 5.41) is 3.01. The maximum Gasteiger partial charge on any atom is 0.222 e. The van der Waals surface area contributed by atoms with Crippen LogP contribution in [0, 0.1) is 11.8 Å². The number of carbonyl (C=O) groups is 1. The average Bonchev–Trinajstić information content (AvgIpc) is 2.03. The second kappa shape index (κ2) is 6.01. The molecule has 0 saturated carbocycles. The Kier molecular flexibility index (Phi) is 5.76. The van der Waals surface area contributed by atoms with Crippen molar-refractivity contribution in [3.05, 3.63) is 0 Å². The molecule has 0 bridgehead atoms. The second-order valence-electron chi connectivity index (χ2n) is 4.31. The molecule has 0 aliphatic heterocycles. The Labute approximate surface area is 82.1 Å². The molecule has 1 N–H and O–H groups in total. The highest BCUT2D eigenvalue weighted by Gasteiger charge is 2.12. The van der Waals surface area contributed by atoms with Crippen molar-refractivity contribution < 1.29 is 4.79 Å². The van der Waals surface area contributed by atoms with Crippen LogP contribution in [-0.4, -0.2) is 11.9 Å². The van der Waals surface area contributed by atoms with E-state index in [-0.39, 0.29) is 11.8 Å². The number of amides is 1. The van der Waals surface area contributed by atoms with Gasteiger partial charge in [0.25, 0.3) is 0 Å². The first kappa shape index (κ1) is 12.5. The minimum Gasteiger partial charge on any atom is -0.353 e. The van der Waals surface area contributed by atoms with E-state index < -0.39 is 0 Å². The summed E-state index contributed by atoms with van der Waals surface area (Å²) < 4.78 is 0. The van der Waals surface area contributed by atoms with Gasteiger partial charge in [0.05, 0.1) is 0 Å². The summed E-state index contributed by atoms with van der Waals surface area (Å²) in [7, 11) is 0. The summed E-state index contributed by atoms with van der Waals surface area (Å²) in [5.74, 6) is 0.956. The van der Waals surface area contributed by atoms with Crippen molar-refractivity contribution in [1.29, 1.82) is 0 Å². The minimum atomic E-state index is 0.0967. The number of nitrogens with one attached hydrogen (secondary N) is 1. The van der Waals surface area contributed by atoms with Crippen molar-refractivity contribution in [2.45, 2.75) is 53.5 Å². The summed E-state index contributed by atoms with van der Waals surface area (Å²) in [4.78, 5) is 11.3. The number of hydrogen-bond donors (Lipinski definition) is 1. The monoisotopic (exact) mass is 185 g/mol. The number of carbonyl (C=O) groups excluding carboxylic acids is 1. The third kappa shape index (κ3) is 5.67. The van der Waals surface area contributed by atoms with Crippen molar-refractivity contribution in [2.24, 2.45) is 11.8 Å². The van der Waals surface area contributed by atoms with E-state index in [9.17, 15) is 4.79 Å². The zero-order valence-corrected chi connectivity index (χ0v) is 9.55. The molecule has 2 nitrogen and oxygen atoms in total. The van der Waals surface area contributed by atoms with Gasteiger partial charge in [-0.15, -0.1) is 0 Å². The van der Waals surface area contributed by atoms with E-state index in [0.29, 0.717) is 12.0 Å². The second-order valence-corrected chi connectivity index (χ2v) is 4.31. The molecule has 2 heteroatoms. The van der Waals surface area contributed by atoms with Gasteiger partial charge in [0.2, 0.25) is 5.91 Å². The molecule has 13 heavy (non-hydrogen) atoms. The van der Waals surface area contributed by atoms with Crippen LogP contribution >= 0.6 is 0 Å². The van der Waals surface area contributed by atoms with E-state index in [0.717, 1.165) is 6.42 Å². The highest BCUT2D eigenvalue weighted by molar-refractivity contribution is 5.78. The molecular weight excluding hydrogens is 162 g/mol. The Hall–Kier alpha value is -0.530. The molecule has 0 aromatic heterocycles. The van der Waals surface area contributed by atoms with Crippen LogP contribution in [0.15, 0.2) is 0 Å². The summed E-state index contributed by atoms with van der Waals surface area (Å²) in [6.45, 7) is 10.3. The highest BCUT2D eigenvalue weighted by atomic mass is 16.1. The lowest BCUT2D eigenvalue weighted by Gasteiger charge is -2.18. The van der Waals surface area contributed by atoms with Gasteiger partial charge in [-0.1, -0.05) is 34.1 Å². The molecule has 78 valence electrons. The standard InChI is InChI=1S/C11H23NO/c1-6-9(4)7-10(5)12-11(13)8(2)3/h8-10H,6-7H2,1-5H3,(H,12,13). The first-order valence-electron chi connectivity index (χ1n) is 5.27. The molecule has 0 heterocycles. The Bertz CT molecular complexity index is 154. The van der Waals surface area contributed by atoms with Crippen molar-refractivity contribution in [2.75, 3.05) is 0 Å². The fraction of sp³-hybridized carbons (Fsp3) is 0.909. The van der Waals surface area contributed by atoms with Gasteiger partial charge in [-0.2, -0.15) is 0 Å². The van der Waals surface area contributed by atoms with E-state index >= 15 is 0 Å². The van der Waals surface area contributed by atoms with Crippen LogP contribution in [0.5, 0.6) is 0 Å². The first-order valence-corrected chi connectivity index (χ1v) is 5.27. The summed E-state index contributed by atoms with van der Waals surface area (Å²) in [6, 6.07) is 0.310.